The number of pyridine rings is 1. The predicted octanol–water partition coefficient (Wildman–Crippen LogP) is 4.51. The van der Waals surface area contributed by atoms with E-state index in [1.807, 2.05) is 17.5 Å². The molecule has 0 radical (unpaired) electrons. The highest BCUT2D eigenvalue weighted by Gasteiger charge is 2.26. The number of carbonyl (C=O) groups is 1. The number of fused-ring (bicyclic) bond motifs is 2. The van der Waals surface area contributed by atoms with E-state index in [2.05, 4.69) is 11.1 Å². The molecule has 1 aliphatic rings. The van der Waals surface area contributed by atoms with Crippen LogP contribution >= 0.6 is 22.9 Å². The van der Waals surface area contributed by atoms with Crippen molar-refractivity contribution in [3.05, 3.63) is 57.2 Å². The van der Waals surface area contributed by atoms with Gasteiger partial charge in [-0.1, -0.05) is 17.7 Å². The molecule has 4 rings (SSSR count). The number of nitriles is 1. The second-order valence-corrected chi connectivity index (χ2v) is 7.42. The zero-order chi connectivity index (χ0) is 18.3. The second kappa shape index (κ2) is 6.60. The molecule has 2 aromatic heterocycles. The van der Waals surface area contributed by atoms with E-state index in [4.69, 9.17) is 26.7 Å². The fourth-order valence-electron chi connectivity index (χ4n) is 3.29. The fraction of sp³-hybridized carbons (Fsp3) is 0.211. The Hall–Kier alpha value is -2.62. The van der Waals surface area contributed by atoms with Crippen LogP contribution in [0, 0.1) is 11.3 Å². The van der Waals surface area contributed by atoms with E-state index in [1.54, 1.807) is 12.1 Å². The lowest BCUT2D eigenvalue weighted by Gasteiger charge is -2.15. The van der Waals surface area contributed by atoms with Crippen molar-refractivity contribution >= 4 is 39.0 Å². The summed E-state index contributed by atoms with van der Waals surface area (Å²) in [6.07, 6.45) is 1.38. The molecule has 0 unspecified atom stereocenters. The maximum absolute atomic E-state index is 11.0. The molecule has 0 bridgehead atoms. The van der Waals surface area contributed by atoms with E-state index in [1.165, 1.54) is 11.3 Å². The van der Waals surface area contributed by atoms with Crippen LogP contribution in [0.1, 0.15) is 35.0 Å². The normalized spacial score (nSPS) is 15.6. The third kappa shape index (κ3) is 3.00. The summed E-state index contributed by atoms with van der Waals surface area (Å²) in [5.41, 5.74) is 3.03. The molecule has 0 aliphatic heterocycles. The first-order valence-corrected chi connectivity index (χ1v) is 9.29. The molecular formula is C19H13ClN2O3S. The number of aromatic nitrogens is 1. The fourth-order valence-corrected chi connectivity index (χ4v) is 4.69. The lowest BCUT2D eigenvalue weighted by molar-refractivity contribution is -0.136. The first-order valence-electron chi connectivity index (χ1n) is 8.03. The van der Waals surface area contributed by atoms with E-state index >= 15 is 0 Å². The van der Waals surface area contributed by atoms with Crippen molar-refractivity contribution in [1.29, 1.82) is 5.26 Å². The van der Waals surface area contributed by atoms with E-state index in [0.29, 0.717) is 22.0 Å². The van der Waals surface area contributed by atoms with Crippen LogP contribution in [0.5, 0.6) is 5.75 Å². The number of rotatable bonds is 4. The minimum atomic E-state index is -0.882. The standard InChI is InChI=1S/C19H13ClN2O3S/c20-14-6-12(7-17-19(14)10(9-26-17)5-18(23)24)25-16-4-3-15-13(16)2-1-11(8-21)22-15/h1-2,6-7,9,16H,3-5H2,(H,23,24)/t16-/m0/s1. The van der Waals surface area contributed by atoms with Gasteiger partial charge in [0, 0.05) is 21.3 Å². The summed E-state index contributed by atoms with van der Waals surface area (Å²) < 4.78 is 7.04. The van der Waals surface area contributed by atoms with Crippen LogP contribution in [0.4, 0.5) is 0 Å². The van der Waals surface area contributed by atoms with Crippen molar-refractivity contribution in [1.82, 2.24) is 4.98 Å². The molecule has 1 atom stereocenters. The van der Waals surface area contributed by atoms with Gasteiger partial charge in [0.1, 0.15) is 23.6 Å². The van der Waals surface area contributed by atoms with Crippen molar-refractivity contribution in [2.75, 3.05) is 0 Å². The minimum absolute atomic E-state index is 0.0528. The van der Waals surface area contributed by atoms with Gasteiger partial charge in [0.15, 0.2) is 0 Å². The molecule has 0 fully saturated rings. The molecule has 1 aliphatic carbocycles. The zero-order valence-electron chi connectivity index (χ0n) is 13.5. The van der Waals surface area contributed by atoms with Crippen LogP contribution in [0.3, 0.4) is 0 Å². The van der Waals surface area contributed by atoms with Gasteiger partial charge >= 0.3 is 5.97 Å². The average Bonchev–Trinajstić information content (AvgIpc) is 3.19. The molecular weight excluding hydrogens is 372 g/mol. The molecule has 3 aromatic rings. The van der Waals surface area contributed by atoms with E-state index in [9.17, 15) is 4.79 Å². The maximum atomic E-state index is 11.0. The summed E-state index contributed by atoms with van der Waals surface area (Å²) in [6.45, 7) is 0. The molecule has 0 amide bonds. The lowest BCUT2D eigenvalue weighted by Crippen LogP contribution is -2.04. The molecule has 0 saturated carbocycles. The van der Waals surface area contributed by atoms with Gasteiger partial charge in [-0.25, -0.2) is 4.98 Å². The SMILES string of the molecule is N#Cc1ccc2c(n1)CC[C@@H]2Oc1cc(Cl)c2c(CC(=O)O)csc2c1. The third-order valence-corrected chi connectivity index (χ3v) is 5.69. The number of aliphatic carboxylic acids is 1. The number of benzene rings is 1. The number of ether oxygens (including phenoxy) is 1. The van der Waals surface area contributed by atoms with Crippen LogP contribution in [0.15, 0.2) is 29.6 Å². The number of hydrogen-bond acceptors (Lipinski definition) is 5. The molecule has 7 heteroatoms. The van der Waals surface area contributed by atoms with Crippen LogP contribution in [-0.2, 0) is 17.6 Å². The topological polar surface area (TPSA) is 83.2 Å². The summed E-state index contributed by atoms with van der Waals surface area (Å²) in [5, 5.41) is 21.1. The number of nitrogens with zero attached hydrogens (tertiary/aromatic N) is 2. The smallest absolute Gasteiger partial charge is 0.307 e. The Bertz CT molecular complexity index is 1070. The highest BCUT2D eigenvalue weighted by atomic mass is 35.5. The molecule has 0 saturated heterocycles. The van der Waals surface area contributed by atoms with Gasteiger partial charge in [0.05, 0.1) is 11.4 Å². The van der Waals surface area contributed by atoms with Crippen molar-refractivity contribution in [2.45, 2.75) is 25.4 Å². The Morgan fingerprint density at radius 1 is 1.46 bits per heavy atom. The summed E-state index contributed by atoms with van der Waals surface area (Å²) >= 11 is 7.86. The quantitative estimate of drug-likeness (QED) is 0.715. The number of halogens is 1. The van der Waals surface area contributed by atoms with Crippen molar-refractivity contribution in [3.8, 4) is 11.8 Å². The molecule has 2 heterocycles. The predicted molar refractivity (Wildman–Crippen MR) is 98.8 cm³/mol. The largest absolute Gasteiger partial charge is 0.486 e. The Labute approximate surface area is 158 Å². The molecule has 1 N–H and O–H groups in total. The molecule has 1 aromatic carbocycles. The summed E-state index contributed by atoms with van der Waals surface area (Å²) in [6, 6.07) is 9.28. The van der Waals surface area contributed by atoms with E-state index < -0.39 is 5.97 Å². The van der Waals surface area contributed by atoms with Crippen molar-refractivity contribution < 1.29 is 14.6 Å². The van der Waals surface area contributed by atoms with Crippen LogP contribution in [0.2, 0.25) is 5.02 Å². The minimum Gasteiger partial charge on any atom is -0.486 e. The molecule has 130 valence electrons. The van der Waals surface area contributed by atoms with Gasteiger partial charge in [0.2, 0.25) is 0 Å². The van der Waals surface area contributed by atoms with Crippen LogP contribution < -0.4 is 4.74 Å². The Kier molecular flexibility index (Phi) is 4.27. The zero-order valence-corrected chi connectivity index (χ0v) is 15.1. The van der Waals surface area contributed by atoms with Gasteiger partial charge in [0.25, 0.3) is 0 Å². The first kappa shape index (κ1) is 16.8. The summed E-state index contributed by atoms with van der Waals surface area (Å²) in [7, 11) is 0. The number of hydrogen-bond donors (Lipinski definition) is 1. The van der Waals surface area contributed by atoms with Crippen LogP contribution in [-0.4, -0.2) is 16.1 Å². The van der Waals surface area contributed by atoms with Gasteiger partial charge in [-0.2, -0.15) is 5.26 Å². The average molecular weight is 385 g/mol. The number of carboxylic acid groups (broad SMARTS) is 1. The third-order valence-electron chi connectivity index (χ3n) is 4.41. The molecule has 0 spiro atoms. The maximum Gasteiger partial charge on any atom is 0.307 e. The van der Waals surface area contributed by atoms with E-state index in [0.717, 1.165) is 34.2 Å². The second-order valence-electron chi connectivity index (χ2n) is 6.10. The molecule has 26 heavy (non-hydrogen) atoms. The Balaban J connectivity index is 1.64. The van der Waals surface area contributed by atoms with Gasteiger partial charge in [-0.3, -0.25) is 4.79 Å². The number of thiophene rings is 1. The van der Waals surface area contributed by atoms with E-state index in [-0.39, 0.29) is 12.5 Å². The van der Waals surface area contributed by atoms with Gasteiger partial charge < -0.3 is 9.84 Å². The lowest BCUT2D eigenvalue weighted by atomic mass is 10.1. The number of carboxylic acids is 1. The highest BCUT2D eigenvalue weighted by molar-refractivity contribution is 7.17. The summed E-state index contributed by atoms with van der Waals surface area (Å²) in [4.78, 5) is 15.3. The Morgan fingerprint density at radius 2 is 2.31 bits per heavy atom. The Morgan fingerprint density at radius 3 is 3.08 bits per heavy atom. The monoisotopic (exact) mass is 384 g/mol. The van der Waals surface area contributed by atoms with Crippen molar-refractivity contribution in [3.63, 3.8) is 0 Å². The van der Waals surface area contributed by atoms with Gasteiger partial charge in [-0.05, 0) is 42.0 Å². The van der Waals surface area contributed by atoms with Crippen LogP contribution in [0.25, 0.3) is 10.1 Å². The van der Waals surface area contributed by atoms with Crippen molar-refractivity contribution in [2.24, 2.45) is 0 Å². The first-order chi connectivity index (χ1) is 12.5. The number of aryl methyl sites for hydroxylation is 1. The molecule has 5 nitrogen and oxygen atoms in total. The van der Waals surface area contributed by atoms with Gasteiger partial charge in [-0.15, -0.1) is 11.3 Å². The highest BCUT2D eigenvalue weighted by Crippen LogP contribution is 2.39. The summed E-state index contributed by atoms with van der Waals surface area (Å²) in [5.74, 6) is -0.235.